The third-order valence-electron chi connectivity index (χ3n) is 3.10. The molecule has 0 aliphatic heterocycles. The molecule has 2 heterocycles. The number of aromatic nitrogens is 3. The molecule has 6 nitrogen and oxygen atoms in total. The zero-order valence-electron chi connectivity index (χ0n) is 14.7. The lowest BCUT2D eigenvalue weighted by atomic mass is 10.0. The molecule has 0 fully saturated rings. The van der Waals surface area contributed by atoms with Gasteiger partial charge < -0.3 is 16.2 Å². The first-order valence-electron chi connectivity index (χ1n) is 7.74. The number of nitrogens with zero attached hydrogens (tertiary/aromatic N) is 3. The first-order valence-corrected chi connectivity index (χ1v) is 11.2. The Morgan fingerprint density at radius 3 is 2.38 bits per heavy atom. The Morgan fingerprint density at radius 2 is 1.79 bits per heavy atom. The van der Waals surface area contributed by atoms with Crippen LogP contribution in [0.5, 0.6) is 11.5 Å². The average molecular weight is 341 g/mol. The molecule has 7 heteroatoms. The van der Waals surface area contributed by atoms with Crippen LogP contribution in [0.3, 0.4) is 0 Å². The van der Waals surface area contributed by atoms with Gasteiger partial charge in [0.05, 0.1) is 6.20 Å². The minimum Gasteiger partial charge on any atom is -0.451 e. The van der Waals surface area contributed by atoms with E-state index in [-0.39, 0.29) is 17.7 Å². The highest BCUT2D eigenvalue weighted by atomic mass is 28.3. The predicted molar refractivity (Wildman–Crippen MR) is 99.5 cm³/mol. The van der Waals surface area contributed by atoms with Crippen molar-refractivity contribution >= 4 is 19.8 Å². The van der Waals surface area contributed by atoms with Gasteiger partial charge in [-0.3, -0.25) is 0 Å². The maximum atomic E-state index is 5.93. The molecule has 2 rings (SSSR count). The molecule has 0 aliphatic rings. The van der Waals surface area contributed by atoms with Gasteiger partial charge in [0.2, 0.25) is 5.95 Å². The number of hydrogen-bond acceptors (Lipinski definition) is 6. The summed E-state index contributed by atoms with van der Waals surface area (Å²) in [6, 6.07) is 1.83. The summed E-state index contributed by atoms with van der Waals surface area (Å²) in [6.07, 6.45) is 3.26. The van der Waals surface area contributed by atoms with Crippen LogP contribution in [0.15, 0.2) is 18.5 Å². The third-order valence-corrected chi connectivity index (χ3v) is 3.98. The summed E-state index contributed by atoms with van der Waals surface area (Å²) in [4.78, 5) is 12.3. The number of nitrogen functional groups attached to an aromatic ring is 2. The number of nitrogens with two attached hydrogens (primary N) is 2. The summed E-state index contributed by atoms with van der Waals surface area (Å²) in [5.41, 5.74) is 16.3. The van der Waals surface area contributed by atoms with Crippen molar-refractivity contribution in [2.45, 2.75) is 39.4 Å². The maximum absolute atomic E-state index is 5.93. The molecule has 0 atom stereocenters. The molecular weight excluding hydrogens is 318 g/mol. The van der Waals surface area contributed by atoms with E-state index in [9.17, 15) is 0 Å². The molecule has 0 spiro atoms. The van der Waals surface area contributed by atoms with Crippen LogP contribution in [0.25, 0.3) is 0 Å². The van der Waals surface area contributed by atoms with E-state index >= 15 is 0 Å². The zero-order chi connectivity index (χ0) is 17.9. The Balaban J connectivity index is 2.43. The monoisotopic (exact) mass is 341 g/mol. The van der Waals surface area contributed by atoms with Crippen molar-refractivity contribution in [3.8, 4) is 23.0 Å². The summed E-state index contributed by atoms with van der Waals surface area (Å²) in [7, 11) is -1.48. The Morgan fingerprint density at radius 1 is 1.08 bits per heavy atom. The van der Waals surface area contributed by atoms with Crippen molar-refractivity contribution < 1.29 is 4.74 Å². The van der Waals surface area contributed by atoms with Crippen molar-refractivity contribution in [3.05, 3.63) is 29.7 Å². The second kappa shape index (κ2) is 6.89. The van der Waals surface area contributed by atoms with Gasteiger partial charge in [-0.2, -0.15) is 4.98 Å². The lowest BCUT2D eigenvalue weighted by Gasteiger charge is -2.14. The Bertz CT molecular complexity index is 803. The van der Waals surface area contributed by atoms with Gasteiger partial charge in [-0.15, -0.1) is 5.54 Å². The van der Waals surface area contributed by atoms with Gasteiger partial charge in [-0.05, 0) is 5.92 Å². The van der Waals surface area contributed by atoms with E-state index in [0.29, 0.717) is 17.2 Å². The minimum atomic E-state index is -1.48. The first kappa shape index (κ1) is 17.8. The van der Waals surface area contributed by atoms with E-state index in [4.69, 9.17) is 16.2 Å². The van der Waals surface area contributed by atoms with Crippen molar-refractivity contribution in [1.82, 2.24) is 15.0 Å². The largest absolute Gasteiger partial charge is 0.451 e. The van der Waals surface area contributed by atoms with E-state index < -0.39 is 8.07 Å². The quantitative estimate of drug-likeness (QED) is 0.657. The van der Waals surface area contributed by atoms with E-state index in [1.807, 2.05) is 6.07 Å². The van der Waals surface area contributed by atoms with Crippen LogP contribution in [-0.2, 0) is 0 Å². The summed E-state index contributed by atoms with van der Waals surface area (Å²) in [5.74, 6) is 4.70. The molecule has 0 amide bonds. The summed E-state index contributed by atoms with van der Waals surface area (Å²) >= 11 is 0. The predicted octanol–water partition coefficient (Wildman–Crippen LogP) is 3.18. The standard InChI is InChI=1S/C17H23N5OSi/c1-11(2)13-9-20-12(6-7-24(3,4)5)8-14(13)23-15-10-21-17(19)22-16(15)18/h8-11H,1-5H3,(H4,18,19,21,22). The fourth-order valence-corrected chi connectivity index (χ4v) is 2.39. The highest BCUT2D eigenvalue weighted by Gasteiger charge is 2.14. The topological polar surface area (TPSA) is 99.9 Å². The first-order chi connectivity index (χ1) is 11.2. The van der Waals surface area contributed by atoms with E-state index in [1.165, 1.54) is 6.20 Å². The molecule has 24 heavy (non-hydrogen) atoms. The zero-order valence-corrected chi connectivity index (χ0v) is 15.7. The molecule has 0 radical (unpaired) electrons. The van der Waals surface area contributed by atoms with Crippen LogP contribution in [0.1, 0.15) is 31.0 Å². The van der Waals surface area contributed by atoms with Gasteiger partial charge in [0.1, 0.15) is 19.5 Å². The van der Waals surface area contributed by atoms with Crippen molar-refractivity contribution in [1.29, 1.82) is 0 Å². The molecule has 0 saturated heterocycles. The fraction of sp³-hybridized carbons (Fsp3) is 0.353. The fourth-order valence-electron chi connectivity index (χ4n) is 1.88. The number of hydrogen-bond donors (Lipinski definition) is 2. The van der Waals surface area contributed by atoms with Gasteiger partial charge in [0.15, 0.2) is 11.6 Å². The van der Waals surface area contributed by atoms with Crippen LogP contribution in [0.2, 0.25) is 19.6 Å². The van der Waals surface area contributed by atoms with E-state index in [1.54, 1.807) is 6.20 Å². The number of ether oxygens (including phenoxy) is 1. The number of pyridine rings is 1. The van der Waals surface area contributed by atoms with Gasteiger partial charge in [-0.1, -0.05) is 39.4 Å². The smallest absolute Gasteiger partial charge is 0.222 e. The molecule has 0 aliphatic carbocycles. The van der Waals surface area contributed by atoms with Crippen LogP contribution in [0, 0.1) is 11.5 Å². The lowest BCUT2D eigenvalue weighted by molar-refractivity contribution is 0.470. The van der Waals surface area contributed by atoms with Crippen LogP contribution < -0.4 is 16.2 Å². The van der Waals surface area contributed by atoms with Gasteiger partial charge >= 0.3 is 0 Å². The van der Waals surface area contributed by atoms with Crippen LogP contribution in [0.4, 0.5) is 11.8 Å². The van der Waals surface area contributed by atoms with Crippen molar-refractivity contribution in [3.63, 3.8) is 0 Å². The second-order valence-electron chi connectivity index (χ2n) is 6.84. The molecule has 4 N–H and O–H groups in total. The normalized spacial score (nSPS) is 11.1. The summed E-state index contributed by atoms with van der Waals surface area (Å²) < 4.78 is 5.93. The van der Waals surface area contributed by atoms with Crippen molar-refractivity contribution in [2.75, 3.05) is 11.5 Å². The average Bonchev–Trinajstić information content (AvgIpc) is 2.47. The van der Waals surface area contributed by atoms with Crippen LogP contribution >= 0.6 is 0 Å². The molecule has 126 valence electrons. The molecule has 0 saturated carbocycles. The Hall–Kier alpha value is -2.59. The molecular formula is C17H23N5OSi. The highest BCUT2D eigenvalue weighted by molar-refractivity contribution is 6.83. The number of anilines is 2. The lowest BCUT2D eigenvalue weighted by Crippen LogP contribution is -2.16. The van der Waals surface area contributed by atoms with Crippen LogP contribution in [-0.4, -0.2) is 23.0 Å². The Labute approximate surface area is 143 Å². The Kier molecular flexibility index (Phi) is 5.10. The van der Waals surface area contributed by atoms with E-state index in [2.05, 4.69) is 59.9 Å². The van der Waals surface area contributed by atoms with E-state index in [0.717, 1.165) is 5.56 Å². The number of rotatable bonds is 3. The molecule has 2 aromatic rings. The molecule has 0 bridgehead atoms. The summed E-state index contributed by atoms with van der Waals surface area (Å²) in [5, 5.41) is 0. The molecule has 0 unspecified atom stereocenters. The summed E-state index contributed by atoms with van der Waals surface area (Å²) in [6.45, 7) is 10.7. The highest BCUT2D eigenvalue weighted by Crippen LogP contribution is 2.32. The SMILES string of the molecule is CC(C)c1cnc(C#C[Si](C)(C)C)cc1Oc1cnc(N)nc1N. The molecule has 0 aromatic carbocycles. The van der Waals surface area contributed by atoms with Gasteiger partial charge in [-0.25, -0.2) is 9.97 Å². The van der Waals surface area contributed by atoms with Gasteiger partial charge in [0, 0.05) is 17.8 Å². The van der Waals surface area contributed by atoms with Crippen molar-refractivity contribution in [2.24, 2.45) is 0 Å². The maximum Gasteiger partial charge on any atom is 0.222 e. The van der Waals surface area contributed by atoms with Gasteiger partial charge in [0.25, 0.3) is 0 Å². The molecule has 2 aromatic heterocycles. The third kappa shape index (κ3) is 4.70. The minimum absolute atomic E-state index is 0.111. The second-order valence-corrected chi connectivity index (χ2v) is 11.6.